The quantitative estimate of drug-likeness (QED) is 0.475. The summed E-state index contributed by atoms with van der Waals surface area (Å²) >= 11 is 1.35. The van der Waals surface area contributed by atoms with Crippen LogP contribution in [-0.4, -0.2) is 15.4 Å². The lowest BCUT2D eigenvalue weighted by Gasteiger charge is -2.24. The van der Waals surface area contributed by atoms with Crippen molar-refractivity contribution in [2.24, 2.45) is 10.1 Å². The molecule has 5 rings (SSSR count). The minimum absolute atomic E-state index is 0.505. The van der Waals surface area contributed by atoms with Gasteiger partial charge in [0.1, 0.15) is 11.5 Å². The molecule has 0 saturated heterocycles. The molecule has 148 valence electrons. The van der Waals surface area contributed by atoms with Gasteiger partial charge in [0.15, 0.2) is 11.7 Å². The molecule has 1 aliphatic heterocycles. The highest BCUT2D eigenvalue weighted by atomic mass is 32.2. The Morgan fingerprint density at radius 1 is 0.733 bits per heavy atom. The van der Waals surface area contributed by atoms with Crippen LogP contribution in [0.5, 0.6) is 0 Å². The fourth-order valence-corrected chi connectivity index (χ4v) is 4.31. The van der Waals surface area contributed by atoms with Crippen LogP contribution in [0.4, 0.5) is 5.82 Å². The van der Waals surface area contributed by atoms with E-state index in [0.29, 0.717) is 18.9 Å². The van der Waals surface area contributed by atoms with Crippen molar-refractivity contribution in [1.82, 2.24) is 9.55 Å². The average molecular weight is 412 g/mol. The van der Waals surface area contributed by atoms with Gasteiger partial charge in [0, 0.05) is 12.1 Å². The normalized spacial score (nSPS) is 13.1. The first-order valence-electron chi connectivity index (χ1n) is 9.82. The van der Waals surface area contributed by atoms with Gasteiger partial charge in [-0.3, -0.25) is 4.31 Å². The summed E-state index contributed by atoms with van der Waals surface area (Å²) in [5.74, 6) is 2.25. The number of fused-ring (bicyclic) bond motifs is 1. The largest absolute Gasteiger partial charge is 0.381 e. The zero-order chi connectivity index (χ0) is 20.3. The minimum atomic E-state index is 0.505. The Hall–Kier alpha value is -3.51. The predicted octanol–water partition coefficient (Wildman–Crippen LogP) is 4.89. The molecular formula is C24H21N5S. The fraction of sp³-hybridized carbons (Fsp3) is 0.0833. The second kappa shape index (κ2) is 8.08. The third-order valence-electron chi connectivity index (χ3n) is 5.05. The highest BCUT2D eigenvalue weighted by molar-refractivity contribution is 7.99. The van der Waals surface area contributed by atoms with Crippen molar-refractivity contribution >= 4 is 23.8 Å². The van der Waals surface area contributed by atoms with E-state index in [2.05, 4.69) is 61.8 Å². The molecule has 0 amide bonds. The van der Waals surface area contributed by atoms with Crippen LogP contribution >= 0.6 is 12.1 Å². The van der Waals surface area contributed by atoms with Gasteiger partial charge < -0.3 is 10.3 Å². The number of anilines is 1. The maximum absolute atomic E-state index is 6.39. The molecule has 3 aromatic carbocycles. The highest BCUT2D eigenvalue weighted by Gasteiger charge is 2.29. The molecule has 6 heteroatoms. The topological polar surface area (TPSA) is 59.4 Å². The van der Waals surface area contributed by atoms with E-state index in [0.717, 1.165) is 22.9 Å². The van der Waals surface area contributed by atoms with Gasteiger partial charge in [0.2, 0.25) is 0 Å². The van der Waals surface area contributed by atoms with Crippen LogP contribution in [0.15, 0.2) is 95.4 Å². The molecule has 0 saturated carbocycles. The van der Waals surface area contributed by atoms with Crippen LogP contribution in [0, 0.1) is 0 Å². The second-order valence-corrected chi connectivity index (χ2v) is 7.91. The maximum Gasteiger partial charge on any atom is 0.170 e. The number of aromatic nitrogens is 2. The summed E-state index contributed by atoms with van der Waals surface area (Å²) in [5, 5.41) is 0. The molecule has 4 aromatic rings. The van der Waals surface area contributed by atoms with Crippen molar-refractivity contribution in [2.75, 3.05) is 4.31 Å². The minimum Gasteiger partial charge on any atom is -0.381 e. The maximum atomic E-state index is 6.39. The second-order valence-electron chi connectivity index (χ2n) is 7.13. The number of imidazole rings is 1. The van der Waals surface area contributed by atoms with E-state index in [-0.39, 0.29) is 0 Å². The molecule has 0 fully saturated rings. The molecule has 0 atom stereocenters. The van der Waals surface area contributed by atoms with Crippen LogP contribution in [-0.2, 0) is 13.1 Å². The molecule has 0 radical (unpaired) electrons. The van der Waals surface area contributed by atoms with Crippen molar-refractivity contribution in [3.8, 4) is 11.4 Å². The van der Waals surface area contributed by atoms with Gasteiger partial charge in [0.05, 0.1) is 18.7 Å². The van der Waals surface area contributed by atoms with Gasteiger partial charge in [-0.2, -0.15) is 4.40 Å². The number of nitrogens with zero attached hydrogens (tertiary/aromatic N) is 4. The van der Waals surface area contributed by atoms with Crippen LogP contribution in [0.2, 0.25) is 0 Å². The van der Waals surface area contributed by atoms with E-state index in [4.69, 9.17) is 10.7 Å². The molecular weight excluding hydrogens is 390 g/mol. The Morgan fingerprint density at radius 2 is 1.30 bits per heavy atom. The van der Waals surface area contributed by atoms with Gasteiger partial charge in [-0.05, 0) is 11.1 Å². The SMILES string of the molecule is NC1=NSN(Cc2ccccc2)c2nc(-c3ccccc3)n(Cc3ccccc3)c21. The van der Waals surface area contributed by atoms with E-state index >= 15 is 0 Å². The Kier molecular flexibility index (Phi) is 4.99. The summed E-state index contributed by atoms with van der Waals surface area (Å²) < 4.78 is 8.82. The highest BCUT2D eigenvalue weighted by Crippen LogP contribution is 2.36. The first-order valence-corrected chi connectivity index (χ1v) is 10.5. The fourth-order valence-electron chi connectivity index (χ4n) is 3.62. The molecule has 0 unspecified atom stereocenters. The molecule has 2 heterocycles. The molecule has 0 bridgehead atoms. The van der Waals surface area contributed by atoms with E-state index in [1.165, 1.54) is 23.3 Å². The van der Waals surface area contributed by atoms with Gasteiger partial charge in [-0.15, -0.1) is 0 Å². The zero-order valence-corrected chi connectivity index (χ0v) is 17.2. The van der Waals surface area contributed by atoms with Crippen LogP contribution < -0.4 is 10.0 Å². The van der Waals surface area contributed by atoms with Gasteiger partial charge >= 0.3 is 0 Å². The van der Waals surface area contributed by atoms with Crippen molar-refractivity contribution < 1.29 is 0 Å². The van der Waals surface area contributed by atoms with Crippen LogP contribution in [0.25, 0.3) is 11.4 Å². The van der Waals surface area contributed by atoms with Crippen molar-refractivity contribution in [3.63, 3.8) is 0 Å². The smallest absolute Gasteiger partial charge is 0.170 e. The van der Waals surface area contributed by atoms with E-state index in [1.54, 1.807) is 0 Å². The standard InChI is InChI=1S/C24H21N5S/c25-22-21-24(29(30-27-22)17-19-12-6-2-7-13-19)26-23(20-14-8-3-9-15-20)28(21)16-18-10-4-1-5-11-18/h1-15H,16-17H2,(H2,25,27). The summed E-state index contributed by atoms with van der Waals surface area (Å²) in [6.45, 7) is 1.37. The number of nitrogens with two attached hydrogens (primary N) is 1. The van der Waals surface area contributed by atoms with Gasteiger partial charge in [-0.25, -0.2) is 4.98 Å². The Labute approximate surface area is 180 Å². The van der Waals surface area contributed by atoms with Crippen LogP contribution in [0.3, 0.4) is 0 Å². The first-order chi connectivity index (χ1) is 14.8. The molecule has 1 aromatic heterocycles. The molecule has 0 aliphatic carbocycles. The summed E-state index contributed by atoms with van der Waals surface area (Å²) in [6.07, 6.45) is 0. The predicted molar refractivity (Wildman–Crippen MR) is 124 cm³/mol. The first kappa shape index (κ1) is 18.5. The Bertz CT molecular complexity index is 1170. The number of amidine groups is 1. The molecule has 5 nitrogen and oxygen atoms in total. The number of benzene rings is 3. The monoisotopic (exact) mass is 411 g/mol. The molecule has 1 aliphatic rings. The summed E-state index contributed by atoms with van der Waals surface area (Å²) in [5.41, 5.74) is 10.7. The Morgan fingerprint density at radius 3 is 1.93 bits per heavy atom. The Balaban J connectivity index is 1.63. The molecule has 30 heavy (non-hydrogen) atoms. The average Bonchev–Trinajstić information content (AvgIpc) is 3.18. The van der Waals surface area contributed by atoms with Crippen molar-refractivity contribution in [2.45, 2.75) is 13.1 Å². The number of rotatable bonds is 5. The number of hydrogen-bond donors (Lipinski definition) is 1. The van der Waals surface area contributed by atoms with Gasteiger partial charge in [0.25, 0.3) is 0 Å². The molecule has 0 spiro atoms. The van der Waals surface area contributed by atoms with E-state index in [1.807, 2.05) is 42.5 Å². The summed E-state index contributed by atoms with van der Waals surface area (Å²) in [4.78, 5) is 5.05. The van der Waals surface area contributed by atoms with Gasteiger partial charge in [-0.1, -0.05) is 91.0 Å². The zero-order valence-electron chi connectivity index (χ0n) is 16.3. The lowest BCUT2D eigenvalue weighted by Crippen LogP contribution is -2.27. The lowest BCUT2D eigenvalue weighted by atomic mass is 10.2. The van der Waals surface area contributed by atoms with E-state index < -0.39 is 0 Å². The van der Waals surface area contributed by atoms with Crippen molar-refractivity contribution in [3.05, 3.63) is 108 Å². The summed E-state index contributed by atoms with van der Waals surface area (Å²) in [6, 6.07) is 31.0. The third kappa shape index (κ3) is 3.57. The van der Waals surface area contributed by atoms with E-state index in [9.17, 15) is 0 Å². The molecule has 2 N–H and O–H groups in total. The van der Waals surface area contributed by atoms with Crippen LogP contribution in [0.1, 0.15) is 16.8 Å². The third-order valence-corrected chi connectivity index (χ3v) is 5.83. The lowest BCUT2D eigenvalue weighted by molar-refractivity contribution is 0.797. The number of hydrogen-bond acceptors (Lipinski definition) is 5. The summed E-state index contributed by atoms with van der Waals surface area (Å²) in [7, 11) is 0. The van der Waals surface area contributed by atoms with Crippen molar-refractivity contribution in [1.29, 1.82) is 0 Å².